The highest BCUT2D eigenvalue weighted by Crippen LogP contribution is 2.46. The van der Waals surface area contributed by atoms with E-state index in [2.05, 4.69) is 16.9 Å². The van der Waals surface area contributed by atoms with E-state index in [0.717, 1.165) is 18.4 Å². The van der Waals surface area contributed by atoms with E-state index >= 15 is 0 Å². The standard InChI is InChI=1S/C15H20N2O3S/c1-21-15(8-9-15)10-16-14(20)17-12-5-3-2-4-11(12)6-7-13(18)19/h2-5H,6-10H2,1H3,(H,18,19)(H2,16,17,20). The molecule has 0 aliphatic heterocycles. The fourth-order valence-electron chi connectivity index (χ4n) is 2.10. The van der Waals surface area contributed by atoms with Crippen LogP contribution in [0.25, 0.3) is 0 Å². The molecule has 1 aliphatic rings. The van der Waals surface area contributed by atoms with Crippen molar-refractivity contribution in [3.63, 3.8) is 0 Å². The second-order valence-electron chi connectivity index (χ2n) is 5.25. The van der Waals surface area contributed by atoms with Crippen LogP contribution >= 0.6 is 11.8 Å². The highest BCUT2D eigenvalue weighted by atomic mass is 32.2. The molecule has 114 valence electrons. The number of amides is 2. The van der Waals surface area contributed by atoms with Gasteiger partial charge in [0.05, 0.1) is 0 Å². The number of aliphatic carboxylic acids is 1. The third kappa shape index (κ3) is 4.67. The molecule has 1 aromatic rings. The number of carboxylic acid groups (broad SMARTS) is 1. The highest BCUT2D eigenvalue weighted by Gasteiger charge is 2.41. The van der Waals surface area contributed by atoms with Crippen LogP contribution in [0.5, 0.6) is 0 Å². The SMILES string of the molecule is CSC1(CNC(=O)Nc2ccccc2CCC(=O)O)CC1. The lowest BCUT2D eigenvalue weighted by molar-refractivity contribution is -0.136. The van der Waals surface area contributed by atoms with E-state index in [4.69, 9.17) is 5.11 Å². The second kappa shape index (κ2) is 6.85. The summed E-state index contributed by atoms with van der Waals surface area (Å²) in [6.07, 6.45) is 4.80. The number of benzene rings is 1. The van der Waals surface area contributed by atoms with Gasteiger partial charge < -0.3 is 15.7 Å². The number of hydrogen-bond acceptors (Lipinski definition) is 3. The zero-order valence-electron chi connectivity index (χ0n) is 12.0. The topological polar surface area (TPSA) is 78.4 Å². The summed E-state index contributed by atoms with van der Waals surface area (Å²) in [4.78, 5) is 22.6. The van der Waals surface area contributed by atoms with E-state index in [1.807, 2.05) is 18.2 Å². The Kier molecular flexibility index (Phi) is 5.12. The van der Waals surface area contributed by atoms with Crippen molar-refractivity contribution in [3.05, 3.63) is 29.8 Å². The molecule has 1 aliphatic carbocycles. The van der Waals surface area contributed by atoms with Crippen LogP contribution in [-0.2, 0) is 11.2 Å². The average molecular weight is 308 g/mol. The van der Waals surface area contributed by atoms with Crippen LogP contribution in [0.2, 0.25) is 0 Å². The Morgan fingerprint density at radius 3 is 2.67 bits per heavy atom. The van der Waals surface area contributed by atoms with E-state index in [-0.39, 0.29) is 17.2 Å². The average Bonchev–Trinajstić information content (AvgIpc) is 3.25. The zero-order valence-corrected chi connectivity index (χ0v) is 12.8. The van der Waals surface area contributed by atoms with E-state index in [1.165, 1.54) is 0 Å². The van der Waals surface area contributed by atoms with Gasteiger partial charge in [0.2, 0.25) is 0 Å². The van der Waals surface area contributed by atoms with E-state index < -0.39 is 5.97 Å². The molecule has 1 aromatic carbocycles. The quantitative estimate of drug-likeness (QED) is 0.723. The molecular weight excluding hydrogens is 288 g/mol. The molecule has 2 amide bonds. The van der Waals surface area contributed by atoms with Gasteiger partial charge in [-0.25, -0.2) is 4.79 Å². The number of rotatable bonds is 7. The van der Waals surface area contributed by atoms with Crippen molar-refractivity contribution in [2.24, 2.45) is 0 Å². The number of carbonyl (C=O) groups excluding carboxylic acids is 1. The van der Waals surface area contributed by atoms with Gasteiger partial charge in [0, 0.05) is 23.4 Å². The lowest BCUT2D eigenvalue weighted by Gasteiger charge is -2.15. The number of hydrogen-bond donors (Lipinski definition) is 3. The smallest absolute Gasteiger partial charge is 0.319 e. The number of anilines is 1. The molecular formula is C15H20N2O3S. The molecule has 0 saturated heterocycles. The summed E-state index contributed by atoms with van der Waals surface area (Å²) in [5, 5.41) is 14.4. The predicted octanol–water partition coefficient (Wildman–Crippen LogP) is 2.72. The predicted molar refractivity (Wildman–Crippen MR) is 84.9 cm³/mol. The maximum Gasteiger partial charge on any atom is 0.319 e. The molecule has 1 fully saturated rings. The van der Waals surface area contributed by atoms with Crippen LogP contribution in [0, 0.1) is 0 Å². The van der Waals surface area contributed by atoms with Gasteiger partial charge >= 0.3 is 12.0 Å². The van der Waals surface area contributed by atoms with Crippen LogP contribution in [0.15, 0.2) is 24.3 Å². The van der Waals surface area contributed by atoms with Crippen molar-refractivity contribution < 1.29 is 14.7 Å². The lowest BCUT2D eigenvalue weighted by Crippen LogP contribution is -2.35. The Balaban J connectivity index is 1.89. The van der Waals surface area contributed by atoms with Crippen molar-refractivity contribution in [1.82, 2.24) is 5.32 Å². The van der Waals surface area contributed by atoms with E-state index in [9.17, 15) is 9.59 Å². The maximum absolute atomic E-state index is 11.9. The highest BCUT2D eigenvalue weighted by molar-refractivity contribution is 8.00. The minimum atomic E-state index is -0.843. The van der Waals surface area contributed by atoms with Gasteiger partial charge in [-0.1, -0.05) is 18.2 Å². The molecule has 0 bridgehead atoms. The molecule has 1 saturated carbocycles. The molecule has 5 nitrogen and oxygen atoms in total. The first-order valence-corrected chi connectivity index (χ1v) is 8.17. The number of urea groups is 1. The summed E-state index contributed by atoms with van der Waals surface area (Å²) < 4.78 is 0.222. The van der Waals surface area contributed by atoms with Crippen LogP contribution in [0.3, 0.4) is 0 Å². The normalized spacial score (nSPS) is 15.3. The molecule has 3 N–H and O–H groups in total. The van der Waals surface area contributed by atoms with Crippen molar-refractivity contribution in [1.29, 1.82) is 0 Å². The Labute approximate surface area is 128 Å². The van der Waals surface area contributed by atoms with Crippen molar-refractivity contribution in [2.75, 3.05) is 18.1 Å². The molecule has 21 heavy (non-hydrogen) atoms. The first-order valence-electron chi connectivity index (χ1n) is 6.94. The number of nitrogens with one attached hydrogen (secondary N) is 2. The van der Waals surface area contributed by atoms with Crippen molar-refractivity contribution in [3.8, 4) is 0 Å². The summed E-state index contributed by atoms with van der Waals surface area (Å²) >= 11 is 1.79. The lowest BCUT2D eigenvalue weighted by atomic mass is 10.1. The summed E-state index contributed by atoms with van der Waals surface area (Å²) in [5.41, 5.74) is 1.51. The molecule has 6 heteroatoms. The Bertz CT molecular complexity index is 529. The minimum Gasteiger partial charge on any atom is -0.481 e. The van der Waals surface area contributed by atoms with Crippen LogP contribution in [0.1, 0.15) is 24.8 Å². The molecule has 0 unspecified atom stereocenters. The Morgan fingerprint density at radius 2 is 2.05 bits per heavy atom. The Hall–Kier alpha value is -1.69. The van der Waals surface area contributed by atoms with Crippen LogP contribution < -0.4 is 10.6 Å². The number of aryl methyl sites for hydroxylation is 1. The number of carboxylic acids is 1. The molecule has 2 rings (SSSR count). The van der Waals surface area contributed by atoms with Gasteiger partial charge in [-0.15, -0.1) is 0 Å². The Morgan fingerprint density at radius 1 is 1.33 bits per heavy atom. The van der Waals surface area contributed by atoms with Crippen LogP contribution in [0.4, 0.5) is 10.5 Å². The number of para-hydroxylation sites is 1. The maximum atomic E-state index is 11.9. The summed E-state index contributed by atoms with van der Waals surface area (Å²) in [6, 6.07) is 7.05. The van der Waals surface area contributed by atoms with Gasteiger partial charge in [0.15, 0.2) is 0 Å². The summed E-state index contributed by atoms with van der Waals surface area (Å²) in [6.45, 7) is 0.664. The van der Waals surface area contributed by atoms with Crippen LogP contribution in [-0.4, -0.2) is 34.7 Å². The number of thioether (sulfide) groups is 1. The molecule has 0 radical (unpaired) electrons. The van der Waals surface area contributed by atoms with Gasteiger partial charge in [0.1, 0.15) is 0 Å². The van der Waals surface area contributed by atoms with Gasteiger partial charge in [-0.05, 0) is 37.1 Å². The van der Waals surface area contributed by atoms with Crippen molar-refractivity contribution >= 4 is 29.4 Å². The van der Waals surface area contributed by atoms with Gasteiger partial charge in [-0.2, -0.15) is 11.8 Å². The van der Waals surface area contributed by atoms with Crippen molar-refractivity contribution in [2.45, 2.75) is 30.4 Å². The van der Waals surface area contributed by atoms with E-state index in [0.29, 0.717) is 18.7 Å². The fourth-order valence-corrected chi connectivity index (χ4v) is 2.83. The minimum absolute atomic E-state index is 0.0515. The molecule has 0 aromatic heterocycles. The van der Waals surface area contributed by atoms with Gasteiger partial charge in [0.25, 0.3) is 0 Å². The monoisotopic (exact) mass is 308 g/mol. The first kappa shape index (κ1) is 15.7. The van der Waals surface area contributed by atoms with Gasteiger partial charge in [-0.3, -0.25) is 4.79 Å². The third-order valence-corrected chi connectivity index (χ3v) is 5.10. The summed E-state index contributed by atoms with van der Waals surface area (Å²) in [5.74, 6) is -0.843. The zero-order chi connectivity index (χ0) is 15.3. The molecule has 0 heterocycles. The third-order valence-electron chi connectivity index (χ3n) is 3.69. The fraction of sp³-hybridized carbons (Fsp3) is 0.467. The molecule has 0 spiro atoms. The summed E-state index contributed by atoms with van der Waals surface area (Å²) in [7, 11) is 0. The number of carbonyl (C=O) groups is 2. The molecule has 0 atom stereocenters. The first-order chi connectivity index (χ1) is 10.0. The second-order valence-corrected chi connectivity index (χ2v) is 6.52. The largest absolute Gasteiger partial charge is 0.481 e. The van der Waals surface area contributed by atoms with E-state index in [1.54, 1.807) is 17.8 Å².